The lowest BCUT2D eigenvalue weighted by molar-refractivity contribution is 0.323. The van der Waals surface area contributed by atoms with Gasteiger partial charge in [0.2, 0.25) is 0 Å². The van der Waals surface area contributed by atoms with Gasteiger partial charge in [-0.15, -0.1) is 0 Å². The number of benzene rings is 1. The lowest BCUT2D eigenvalue weighted by atomic mass is 10.2. The number of piperazine rings is 1. The van der Waals surface area contributed by atoms with Gasteiger partial charge in [0.1, 0.15) is 17.8 Å². The average Bonchev–Trinajstić information content (AvgIpc) is 2.93. The van der Waals surface area contributed by atoms with E-state index in [1.807, 2.05) is 6.07 Å². The Bertz CT molecular complexity index is 843. The van der Waals surface area contributed by atoms with Crippen molar-refractivity contribution in [1.29, 1.82) is 0 Å². The number of aromatic amines is 1. The average molecular weight is 293 g/mol. The summed E-state index contributed by atoms with van der Waals surface area (Å²) in [6.45, 7) is 10.00. The van der Waals surface area contributed by atoms with Crippen molar-refractivity contribution in [2.45, 2.75) is 6.92 Å². The highest BCUT2D eigenvalue weighted by Crippen LogP contribution is 2.31. The Morgan fingerprint density at radius 2 is 1.91 bits per heavy atom. The highest BCUT2D eigenvalue weighted by atomic mass is 15.3. The molecule has 0 saturated carbocycles. The second kappa shape index (κ2) is 5.02. The smallest absolute Gasteiger partial charge is 0.143 e. The van der Waals surface area contributed by atoms with Crippen LogP contribution in [0, 0.1) is 0 Å². The number of aromatic nitrogens is 3. The molecular formula is C17H19N5. The van der Waals surface area contributed by atoms with Crippen molar-refractivity contribution in [3.8, 4) is 0 Å². The van der Waals surface area contributed by atoms with Crippen LogP contribution in [0.3, 0.4) is 0 Å². The van der Waals surface area contributed by atoms with E-state index in [2.05, 4.69) is 56.5 Å². The Kier molecular flexibility index (Phi) is 2.99. The molecule has 1 aliphatic rings. The van der Waals surface area contributed by atoms with Crippen LogP contribution in [0.5, 0.6) is 0 Å². The number of H-pyrrole nitrogens is 1. The molecule has 5 nitrogen and oxygen atoms in total. The fourth-order valence-electron chi connectivity index (χ4n) is 3.20. The van der Waals surface area contributed by atoms with Crippen LogP contribution in [0.2, 0.25) is 0 Å². The van der Waals surface area contributed by atoms with Gasteiger partial charge in [-0.3, -0.25) is 0 Å². The zero-order valence-electron chi connectivity index (χ0n) is 12.7. The summed E-state index contributed by atoms with van der Waals surface area (Å²) < 4.78 is 0. The molecule has 112 valence electrons. The minimum absolute atomic E-state index is 0.911. The highest BCUT2D eigenvalue weighted by Gasteiger charge is 2.21. The Balaban J connectivity index is 1.77. The van der Waals surface area contributed by atoms with Gasteiger partial charge in [-0.2, -0.15) is 0 Å². The van der Waals surface area contributed by atoms with E-state index in [0.717, 1.165) is 54.2 Å². The SMILES string of the molecule is C=C(C)N1CCN(c2ncnc3[nH]c4ccccc4c23)CC1. The number of hydrogen-bond donors (Lipinski definition) is 1. The standard InChI is InChI=1S/C17H19N5/c1-12(2)21-7-9-22(10-8-21)17-15-13-5-3-4-6-14(13)20-16(15)18-11-19-17/h3-6,11H,1,7-10H2,2H3,(H,18,19,20). The molecule has 5 heteroatoms. The molecule has 3 aromatic rings. The van der Waals surface area contributed by atoms with Crippen molar-refractivity contribution in [2.24, 2.45) is 0 Å². The van der Waals surface area contributed by atoms with Crippen LogP contribution in [-0.4, -0.2) is 46.0 Å². The van der Waals surface area contributed by atoms with Crippen LogP contribution in [0.1, 0.15) is 6.92 Å². The Labute approximate surface area is 129 Å². The molecule has 1 aromatic carbocycles. The monoisotopic (exact) mass is 293 g/mol. The maximum atomic E-state index is 4.58. The summed E-state index contributed by atoms with van der Waals surface area (Å²) in [5.41, 5.74) is 3.16. The number of rotatable bonds is 2. The lowest BCUT2D eigenvalue weighted by Gasteiger charge is -2.37. The molecule has 1 N–H and O–H groups in total. The van der Waals surface area contributed by atoms with Gasteiger partial charge in [-0.25, -0.2) is 9.97 Å². The summed E-state index contributed by atoms with van der Waals surface area (Å²) in [5.74, 6) is 1.03. The van der Waals surface area contributed by atoms with Crippen molar-refractivity contribution in [3.05, 3.63) is 42.9 Å². The first-order valence-electron chi connectivity index (χ1n) is 7.61. The molecule has 0 unspecified atom stereocenters. The molecule has 0 amide bonds. The van der Waals surface area contributed by atoms with Crippen molar-refractivity contribution in [1.82, 2.24) is 19.9 Å². The van der Waals surface area contributed by atoms with E-state index in [1.165, 1.54) is 5.39 Å². The number of para-hydroxylation sites is 1. The van der Waals surface area contributed by atoms with Crippen LogP contribution in [0.4, 0.5) is 5.82 Å². The molecule has 1 fully saturated rings. The second-order valence-corrected chi connectivity index (χ2v) is 5.80. The van der Waals surface area contributed by atoms with Crippen LogP contribution in [-0.2, 0) is 0 Å². The lowest BCUT2D eigenvalue weighted by Crippen LogP contribution is -2.45. The molecular weight excluding hydrogens is 274 g/mol. The predicted molar refractivity (Wildman–Crippen MR) is 90.0 cm³/mol. The molecule has 3 heterocycles. The summed E-state index contributed by atoms with van der Waals surface area (Å²) in [6.07, 6.45) is 1.65. The Morgan fingerprint density at radius 3 is 2.68 bits per heavy atom. The Morgan fingerprint density at radius 1 is 1.14 bits per heavy atom. The third-order valence-electron chi connectivity index (χ3n) is 4.40. The summed E-state index contributed by atoms with van der Waals surface area (Å²) in [6, 6.07) is 8.31. The molecule has 1 aliphatic heterocycles. The minimum atomic E-state index is 0.911. The van der Waals surface area contributed by atoms with Crippen molar-refractivity contribution >= 4 is 27.8 Å². The molecule has 2 aromatic heterocycles. The number of allylic oxidation sites excluding steroid dienone is 1. The first-order chi connectivity index (χ1) is 10.7. The second-order valence-electron chi connectivity index (χ2n) is 5.80. The van der Waals surface area contributed by atoms with Gasteiger partial charge in [0.05, 0.1) is 5.39 Å². The third kappa shape index (κ3) is 2.01. The Hall–Kier alpha value is -2.56. The predicted octanol–water partition coefficient (Wildman–Crippen LogP) is 2.77. The third-order valence-corrected chi connectivity index (χ3v) is 4.40. The number of fused-ring (bicyclic) bond motifs is 3. The van der Waals surface area contributed by atoms with Gasteiger partial charge in [-0.1, -0.05) is 24.8 Å². The number of nitrogens with one attached hydrogen (secondary N) is 1. The molecule has 0 bridgehead atoms. The fraction of sp³-hybridized carbons (Fsp3) is 0.294. The number of anilines is 1. The zero-order valence-corrected chi connectivity index (χ0v) is 12.7. The first-order valence-corrected chi connectivity index (χ1v) is 7.61. The van der Waals surface area contributed by atoms with Gasteiger partial charge in [-0.05, 0) is 13.0 Å². The molecule has 0 radical (unpaired) electrons. The van der Waals surface area contributed by atoms with Crippen LogP contribution < -0.4 is 4.90 Å². The number of nitrogens with zero attached hydrogens (tertiary/aromatic N) is 4. The van der Waals surface area contributed by atoms with Gasteiger partial charge in [0, 0.05) is 42.8 Å². The van der Waals surface area contributed by atoms with Crippen molar-refractivity contribution in [3.63, 3.8) is 0 Å². The summed E-state index contributed by atoms with van der Waals surface area (Å²) >= 11 is 0. The number of hydrogen-bond acceptors (Lipinski definition) is 4. The van der Waals surface area contributed by atoms with Crippen molar-refractivity contribution in [2.75, 3.05) is 31.1 Å². The van der Waals surface area contributed by atoms with E-state index >= 15 is 0 Å². The molecule has 4 rings (SSSR count). The molecule has 0 aliphatic carbocycles. The van der Waals surface area contributed by atoms with Crippen LogP contribution in [0.25, 0.3) is 21.9 Å². The summed E-state index contributed by atoms with van der Waals surface area (Å²) in [5, 5.41) is 2.32. The maximum Gasteiger partial charge on any atom is 0.143 e. The quantitative estimate of drug-likeness (QED) is 0.789. The largest absolute Gasteiger partial charge is 0.372 e. The summed E-state index contributed by atoms with van der Waals surface area (Å²) in [4.78, 5) is 17.0. The minimum Gasteiger partial charge on any atom is -0.372 e. The van der Waals surface area contributed by atoms with E-state index in [1.54, 1.807) is 6.33 Å². The van der Waals surface area contributed by atoms with Gasteiger partial charge >= 0.3 is 0 Å². The molecule has 0 spiro atoms. The normalized spacial score (nSPS) is 15.7. The van der Waals surface area contributed by atoms with E-state index in [-0.39, 0.29) is 0 Å². The van der Waals surface area contributed by atoms with E-state index in [9.17, 15) is 0 Å². The van der Waals surface area contributed by atoms with E-state index in [0.29, 0.717) is 0 Å². The molecule has 0 atom stereocenters. The first kappa shape index (κ1) is 13.1. The summed E-state index contributed by atoms with van der Waals surface area (Å²) in [7, 11) is 0. The van der Waals surface area contributed by atoms with E-state index < -0.39 is 0 Å². The zero-order chi connectivity index (χ0) is 15.1. The topological polar surface area (TPSA) is 48.1 Å². The molecule has 1 saturated heterocycles. The highest BCUT2D eigenvalue weighted by molar-refractivity contribution is 6.11. The maximum absolute atomic E-state index is 4.58. The van der Waals surface area contributed by atoms with Crippen LogP contribution in [0.15, 0.2) is 42.9 Å². The van der Waals surface area contributed by atoms with Gasteiger partial charge in [0.15, 0.2) is 0 Å². The van der Waals surface area contributed by atoms with Crippen LogP contribution >= 0.6 is 0 Å². The van der Waals surface area contributed by atoms with E-state index in [4.69, 9.17) is 0 Å². The molecule has 22 heavy (non-hydrogen) atoms. The fourth-order valence-corrected chi connectivity index (χ4v) is 3.20. The van der Waals surface area contributed by atoms with Crippen molar-refractivity contribution < 1.29 is 0 Å². The van der Waals surface area contributed by atoms with Gasteiger partial charge in [0.25, 0.3) is 0 Å². The van der Waals surface area contributed by atoms with Gasteiger partial charge < -0.3 is 14.8 Å².